The number of rotatable bonds is 3. The number of fused-ring (bicyclic) bond motifs is 1. The molecule has 27 heavy (non-hydrogen) atoms. The molecule has 0 bridgehead atoms. The number of carbonyl (C=O) groups is 3. The fourth-order valence-electron chi connectivity index (χ4n) is 4.65. The number of hydrogen-bond acceptors (Lipinski definition) is 5. The Kier molecular flexibility index (Phi) is 4.31. The Labute approximate surface area is 158 Å². The van der Waals surface area contributed by atoms with Gasteiger partial charge in [-0.2, -0.15) is 0 Å². The number of nitrogens with one attached hydrogen (secondary N) is 1. The largest absolute Gasteiger partial charge is 0.326 e. The molecule has 3 aliphatic heterocycles. The molecule has 2 unspecified atom stereocenters. The van der Waals surface area contributed by atoms with Crippen LogP contribution in [0.5, 0.6) is 0 Å². The first-order valence-electron chi connectivity index (χ1n) is 9.52. The zero-order valence-electron chi connectivity index (χ0n) is 15.8. The van der Waals surface area contributed by atoms with E-state index in [1.807, 2.05) is 12.1 Å². The SMILES string of the molecule is CC1(C)CC(N)CN1Cc1cccc2c1CN(C1CCC(=O)NC1=O)C2=O. The maximum absolute atomic E-state index is 12.9. The van der Waals surface area contributed by atoms with Gasteiger partial charge in [0.15, 0.2) is 0 Å². The van der Waals surface area contributed by atoms with Crippen LogP contribution in [0.2, 0.25) is 0 Å². The number of piperidine rings is 1. The Hall–Kier alpha value is -2.25. The summed E-state index contributed by atoms with van der Waals surface area (Å²) in [6, 6.07) is 5.38. The molecule has 3 aliphatic rings. The minimum Gasteiger partial charge on any atom is -0.326 e. The standard InChI is InChI=1S/C20H26N4O3/c1-20(2)8-13(21)10-23(20)9-12-4-3-5-14-15(12)11-24(19(14)27)16-6-7-17(25)22-18(16)26/h3-5,13,16H,6-11,21H2,1-2H3,(H,22,25,26). The average Bonchev–Trinajstić information content (AvgIpc) is 3.04. The first-order valence-corrected chi connectivity index (χ1v) is 9.52. The Morgan fingerprint density at radius 2 is 2.04 bits per heavy atom. The van der Waals surface area contributed by atoms with Gasteiger partial charge < -0.3 is 10.6 Å². The maximum atomic E-state index is 12.9. The van der Waals surface area contributed by atoms with E-state index in [1.165, 1.54) is 0 Å². The van der Waals surface area contributed by atoms with Gasteiger partial charge in [-0.25, -0.2) is 0 Å². The van der Waals surface area contributed by atoms with Crippen molar-refractivity contribution in [3.8, 4) is 0 Å². The lowest BCUT2D eigenvalue weighted by Gasteiger charge is -2.32. The van der Waals surface area contributed by atoms with E-state index >= 15 is 0 Å². The molecular formula is C20H26N4O3. The molecule has 0 radical (unpaired) electrons. The van der Waals surface area contributed by atoms with Crippen LogP contribution in [0.4, 0.5) is 0 Å². The second-order valence-corrected chi connectivity index (χ2v) is 8.50. The Bertz CT molecular complexity index is 819. The molecule has 3 N–H and O–H groups in total. The highest BCUT2D eigenvalue weighted by Crippen LogP contribution is 2.34. The zero-order chi connectivity index (χ0) is 19.3. The predicted molar refractivity (Wildman–Crippen MR) is 99.6 cm³/mol. The fourth-order valence-corrected chi connectivity index (χ4v) is 4.65. The molecule has 3 amide bonds. The minimum absolute atomic E-state index is 0.0219. The van der Waals surface area contributed by atoms with Gasteiger partial charge in [0.05, 0.1) is 0 Å². The van der Waals surface area contributed by atoms with E-state index in [0.29, 0.717) is 18.5 Å². The van der Waals surface area contributed by atoms with Gasteiger partial charge in [-0.1, -0.05) is 12.1 Å². The van der Waals surface area contributed by atoms with Gasteiger partial charge >= 0.3 is 0 Å². The lowest BCUT2D eigenvalue weighted by atomic mass is 9.98. The van der Waals surface area contributed by atoms with Crippen LogP contribution in [0.1, 0.15) is 54.6 Å². The third-order valence-corrected chi connectivity index (χ3v) is 6.11. The van der Waals surface area contributed by atoms with Crippen LogP contribution < -0.4 is 11.1 Å². The average molecular weight is 370 g/mol. The van der Waals surface area contributed by atoms with Gasteiger partial charge in [-0.05, 0) is 43.9 Å². The van der Waals surface area contributed by atoms with E-state index in [-0.39, 0.29) is 35.7 Å². The molecule has 1 aromatic rings. The number of nitrogens with zero attached hydrogens (tertiary/aromatic N) is 2. The molecule has 0 aromatic heterocycles. The van der Waals surface area contributed by atoms with E-state index in [2.05, 4.69) is 30.1 Å². The van der Waals surface area contributed by atoms with Crippen molar-refractivity contribution < 1.29 is 14.4 Å². The van der Waals surface area contributed by atoms with Gasteiger partial charge in [0.25, 0.3) is 5.91 Å². The van der Waals surface area contributed by atoms with E-state index in [0.717, 1.165) is 30.6 Å². The molecule has 0 saturated carbocycles. The Balaban J connectivity index is 1.58. The summed E-state index contributed by atoms with van der Waals surface area (Å²) in [7, 11) is 0. The third-order valence-electron chi connectivity index (χ3n) is 6.11. The molecule has 1 aromatic carbocycles. The first-order chi connectivity index (χ1) is 12.8. The number of carbonyl (C=O) groups excluding carboxylic acids is 3. The number of amides is 3. The molecule has 7 heteroatoms. The smallest absolute Gasteiger partial charge is 0.255 e. The number of benzene rings is 1. The molecule has 2 fully saturated rings. The summed E-state index contributed by atoms with van der Waals surface area (Å²) in [4.78, 5) is 40.5. The van der Waals surface area contributed by atoms with E-state index in [4.69, 9.17) is 5.73 Å². The molecule has 4 rings (SSSR count). The van der Waals surface area contributed by atoms with Gasteiger partial charge in [-0.3, -0.25) is 24.6 Å². The minimum atomic E-state index is -0.577. The van der Waals surface area contributed by atoms with E-state index < -0.39 is 6.04 Å². The summed E-state index contributed by atoms with van der Waals surface area (Å²) < 4.78 is 0. The molecule has 3 heterocycles. The van der Waals surface area contributed by atoms with Crippen LogP contribution in [0.15, 0.2) is 18.2 Å². The molecule has 2 saturated heterocycles. The molecule has 0 aliphatic carbocycles. The lowest BCUT2D eigenvalue weighted by molar-refractivity contribution is -0.136. The normalized spacial score (nSPS) is 27.8. The first kappa shape index (κ1) is 18.1. The second-order valence-electron chi connectivity index (χ2n) is 8.50. The maximum Gasteiger partial charge on any atom is 0.255 e. The van der Waals surface area contributed by atoms with Crippen molar-refractivity contribution in [3.63, 3.8) is 0 Å². The topological polar surface area (TPSA) is 95.7 Å². The van der Waals surface area contributed by atoms with Crippen LogP contribution in [0.3, 0.4) is 0 Å². The van der Waals surface area contributed by atoms with Crippen molar-refractivity contribution in [3.05, 3.63) is 34.9 Å². The Morgan fingerprint density at radius 1 is 1.26 bits per heavy atom. The van der Waals surface area contributed by atoms with Gasteiger partial charge in [-0.15, -0.1) is 0 Å². The summed E-state index contributed by atoms with van der Waals surface area (Å²) >= 11 is 0. The van der Waals surface area contributed by atoms with E-state index in [9.17, 15) is 14.4 Å². The van der Waals surface area contributed by atoms with Crippen LogP contribution in [-0.2, 0) is 22.7 Å². The van der Waals surface area contributed by atoms with Gasteiger partial charge in [0.2, 0.25) is 11.8 Å². The summed E-state index contributed by atoms with van der Waals surface area (Å²) in [6.07, 6.45) is 1.60. The number of imide groups is 1. The number of nitrogens with two attached hydrogens (primary N) is 1. The summed E-state index contributed by atoms with van der Waals surface area (Å²) in [5, 5.41) is 2.35. The van der Waals surface area contributed by atoms with Crippen molar-refractivity contribution in [2.24, 2.45) is 5.73 Å². The van der Waals surface area contributed by atoms with Crippen molar-refractivity contribution in [2.45, 2.75) is 63.8 Å². The highest BCUT2D eigenvalue weighted by molar-refractivity contribution is 6.05. The van der Waals surface area contributed by atoms with Crippen LogP contribution in [-0.4, -0.2) is 51.7 Å². The fraction of sp³-hybridized carbons (Fsp3) is 0.550. The molecule has 7 nitrogen and oxygen atoms in total. The molecule has 0 spiro atoms. The molecule has 144 valence electrons. The molecular weight excluding hydrogens is 344 g/mol. The zero-order valence-corrected chi connectivity index (χ0v) is 15.8. The van der Waals surface area contributed by atoms with E-state index in [1.54, 1.807) is 4.90 Å². The van der Waals surface area contributed by atoms with Crippen molar-refractivity contribution in [1.29, 1.82) is 0 Å². The summed E-state index contributed by atoms with van der Waals surface area (Å²) in [5.41, 5.74) is 8.94. The van der Waals surface area contributed by atoms with Crippen molar-refractivity contribution in [2.75, 3.05) is 6.54 Å². The predicted octanol–water partition coefficient (Wildman–Crippen LogP) is 0.759. The number of likely N-dealkylation sites (tertiary alicyclic amines) is 1. The van der Waals surface area contributed by atoms with Crippen molar-refractivity contribution >= 4 is 17.7 Å². The quantitative estimate of drug-likeness (QED) is 0.766. The van der Waals surface area contributed by atoms with Crippen LogP contribution in [0, 0.1) is 0 Å². The van der Waals surface area contributed by atoms with Crippen LogP contribution >= 0.6 is 0 Å². The van der Waals surface area contributed by atoms with Gasteiger partial charge in [0.1, 0.15) is 6.04 Å². The van der Waals surface area contributed by atoms with Crippen molar-refractivity contribution in [1.82, 2.24) is 15.1 Å². The molecule has 2 atom stereocenters. The third kappa shape index (κ3) is 3.15. The highest BCUT2D eigenvalue weighted by atomic mass is 16.2. The number of hydrogen-bond donors (Lipinski definition) is 2. The lowest BCUT2D eigenvalue weighted by Crippen LogP contribution is -2.52. The summed E-state index contributed by atoms with van der Waals surface area (Å²) in [5.74, 6) is -0.770. The highest BCUT2D eigenvalue weighted by Gasteiger charge is 2.41. The van der Waals surface area contributed by atoms with Crippen LogP contribution in [0.25, 0.3) is 0 Å². The van der Waals surface area contributed by atoms with Gasteiger partial charge in [0, 0.05) is 43.2 Å². The second kappa shape index (κ2) is 6.42. The summed E-state index contributed by atoms with van der Waals surface area (Å²) in [6.45, 7) is 6.38. The Morgan fingerprint density at radius 3 is 2.70 bits per heavy atom. The monoisotopic (exact) mass is 370 g/mol.